The van der Waals surface area contributed by atoms with E-state index >= 15 is 0 Å². The molecule has 0 aromatic heterocycles. The minimum absolute atomic E-state index is 0.110. The number of carbonyl (C=O) groups is 2. The Bertz CT molecular complexity index is 894. The lowest BCUT2D eigenvalue weighted by Gasteiger charge is -2.26. The number of hydrogen-bond donors (Lipinski definition) is 1. The van der Waals surface area contributed by atoms with Crippen molar-refractivity contribution in [1.29, 1.82) is 0 Å². The molecule has 26 heavy (non-hydrogen) atoms. The zero-order valence-corrected chi connectivity index (χ0v) is 14.7. The first kappa shape index (κ1) is 16.5. The second kappa shape index (κ2) is 6.77. The smallest absolute Gasteiger partial charge is 0.257 e. The molecule has 132 valence electrons. The molecule has 0 saturated carbocycles. The summed E-state index contributed by atoms with van der Waals surface area (Å²) in [6, 6.07) is 14.6. The number of para-hydroxylation sites is 3. The molecule has 0 aliphatic carbocycles. The number of fused-ring (bicyclic) bond motifs is 2. The Balaban J connectivity index is 1.79. The van der Waals surface area contributed by atoms with E-state index < -0.39 is 0 Å². The Morgan fingerprint density at radius 2 is 1.65 bits per heavy atom. The predicted molar refractivity (Wildman–Crippen MR) is 103 cm³/mol. The molecule has 1 saturated heterocycles. The van der Waals surface area contributed by atoms with E-state index in [9.17, 15) is 9.59 Å². The summed E-state index contributed by atoms with van der Waals surface area (Å²) in [6.45, 7) is 1.93. The number of piperidine rings is 1. The van der Waals surface area contributed by atoms with E-state index in [0.29, 0.717) is 22.6 Å². The molecule has 1 N–H and O–H groups in total. The van der Waals surface area contributed by atoms with Crippen molar-refractivity contribution in [3.63, 3.8) is 0 Å². The third-order valence-corrected chi connectivity index (χ3v) is 4.96. The number of amides is 2. The van der Waals surface area contributed by atoms with Crippen molar-refractivity contribution in [3.05, 3.63) is 65.7 Å². The van der Waals surface area contributed by atoms with Crippen LogP contribution < -0.4 is 10.2 Å². The lowest BCUT2D eigenvalue weighted by atomic mass is 10.0. The van der Waals surface area contributed by atoms with Gasteiger partial charge in [0.05, 0.1) is 22.6 Å². The molecule has 0 spiro atoms. The molecule has 2 amide bonds. The van der Waals surface area contributed by atoms with Crippen molar-refractivity contribution in [3.8, 4) is 0 Å². The maximum atomic E-state index is 13.2. The van der Waals surface area contributed by atoms with Gasteiger partial charge in [-0.3, -0.25) is 14.5 Å². The molecule has 0 atom stereocenters. The number of nitrogens with zero attached hydrogens (tertiary/aromatic N) is 2. The molecule has 4 rings (SSSR count). The molecule has 2 aliphatic rings. The Morgan fingerprint density at radius 1 is 1.00 bits per heavy atom. The summed E-state index contributed by atoms with van der Waals surface area (Å²) in [7, 11) is 2.09. The van der Waals surface area contributed by atoms with Gasteiger partial charge in [-0.2, -0.15) is 0 Å². The molecular formula is C21H21N3O2. The molecule has 2 heterocycles. The number of rotatable bonds is 1. The van der Waals surface area contributed by atoms with Crippen LogP contribution in [0.2, 0.25) is 0 Å². The lowest BCUT2D eigenvalue weighted by molar-refractivity contribution is -0.113. The minimum atomic E-state index is -0.199. The highest BCUT2D eigenvalue weighted by Gasteiger charge is 2.28. The third kappa shape index (κ3) is 3.02. The monoisotopic (exact) mass is 347 g/mol. The quantitative estimate of drug-likeness (QED) is 0.803. The molecule has 1 fully saturated rings. The average molecular weight is 347 g/mol. The number of nitrogens with one attached hydrogen (secondary N) is 1. The van der Waals surface area contributed by atoms with Crippen molar-refractivity contribution in [1.82, 2.24) is 4.90 Å². The van der Waals surface area contributed by atoms with E-state index in [1.165, 1.54) is 0 Å². The van der Waals surface area contributed by atoms with Gasteiger partial charge < -0.3 is 10.2 Å². The van der Waals surface area contributed by atoms with Crippen molar-refractivity contribution in [2.24, 2.45) is 0 Å². The number of hydrogen-bond acceptors (Lipinski definition) is 3. The van der Waals surface area contributed by atoms with E-state index in [2.05, 4.69) is 17.3 Å². The second-order valence-electron chi connectivity index (χ2n) is 6.77. The highest BCUT2D eigenvalue weighted by atomic mass is 16.2. The predicted octanol–water partition coefficient (Wildman–Crippen LogP) is 3.57. The van der Waals surface area contributed by atoms with E-state index in [1.54, 1.807) is 17.0 Å². The normalized spacial score (nSPS) is 17.0. The molecule has 0 bridgehead atoms. The van der Waals surface area contributed by atoms with Gasteiger partial charge >= 0.3 is 0 Å². The van der Waals surface area contributed by atoms with Gasteiger partial charge in [-0.25, -0.2) is 0 Å². The lowest BCUT2D eigenvalue weighted by Crippen LogP contribution is -2.29. The highest BCUT2D eigenvalue weighted by molar-refractivity contribution is 6.19. The maximum Gasteiger partial charge on any atom is 0.257 e. The Hall–Kier alpha value is -2.92. The van der Waals surface area contributed by atoms with E-state index in [-0.39, 0.29) is 11.8 Å². The molecule has 0 radical (unpaired) electrons. The molecular weight excluding hydrogens is 326 g/mol. The van der Waals surface area contributed by atoms with Crippen LogP contribution in [0, 0.1) is 0 Å². The van der Waals surface area contributed by atoms with Crippen LogP contribution in [-0.2, 0) is 4.79 Å². The van der Waals surface area contributed by atoms with Crippen LogP contribution >= 0.6 is 0 Å². The summed E-state index contributed by atoms with van der Waals surface area (Å²) in [5, 5.41) is 2.91. The molecule has 5 nitrogen and oxygen atoms in total. The average Bonchev–Trinajstić information content (AvgIpc) is 2.77. The van der Waals surface area contributed by atoms with Gasteiger partial charge in [0.2, 0.25) is 0 Å². The Morgan fingerprint density at radius 3 is 2.42 bits per heavy atom. The zero-order chi connectivity index (χ0) is 18.1. The first-order valence-electron chi connectivity index (χ1n) is 8.85. The van der Waals surface area contributed by atoms with Crippen LogP contribution in [0.1, 0.15) is 23.2 Å². The van der Waals surface area contributed by atoms with Crippen LogP contribution in [0.15, 0.2) is 60.2 Å². The van der Waals surface area contributed by atoms with Crippen molar-refractivity contribution >= 4 is 28.9 Å². The topological polar surface area (TPSA) is 52.7 Å². The largest absolute Gasteiger partial charge is 0.320 e. The number of likely N-dealkylation sites (tertiary alicyclic amines) is 1. The Kier molecular flexibility index (Phi) is 4.31. The fraction of sp³-hybridized carbons (Fsp3) is 0.238. The van der Waals surface area contributed by atoms with E-state index in [0.717, 1.165) is 31.5 Å². The van der Waals surface area contributed by atoms with Gasteiger partial charge in [-0.05, 0) is 44.2 Å². The molecule has 5 heteroatoms. The van der Waals surface area contributed by atoms with Gasteiger partial charge in [0.1, 0.15) is 0 Å². The molecule has 2 aromatic rings. The van der Waals surface area contributed by atoms with Crippen molar-refractivity contribution < 1.29 is 9.59 Å². The van der Waals surface area contributed by atoms with Crippen LogP contribution in [0.25, 0.3) is 0 Å². The first-order chi connectivity index (χ1) is 12.6. The summed E-state index contributed by atoms with van der Waals surface area (Å²) in [6.07, 6.45) is 3.55. The highest BCUT2D eigenvalue weighted by Crippen LogP contribution is 2.38. The van der Waals surface area contributed by atoms with Gasteiger partial charge in [0, 0.05) is 19.2 Å². The van der Waals surface area contributed by atoms with Crippen LogP contribution in [-0.4, -0.2) is 36.9 Å². The van der Waals surface area contributed by atoms with Crippen molar-refractivity contribution in [2.75, 3.05) is 30.4 Å². The fourth-order valence-corrected chi connectivity index (χ4v) is 3.48. The van der Waals surface area contributed by atoms with Crippen LogP contribution in [0.3, 0.4) is 0 Å². The summed E-state index contributed by atoms with van der Waals surface area (Å²) in [4.78, 5) is 29.7. The summed E-state index contributed by atoms with van der Waals surface area (Å²) in [5.74, 6) is -0.309. The number of anilines is 3. The zero-order valence-electron chi connectivity index (χ0n) is 14.7. The van der Waals surface area contributed by atoms with Crippen LogP contribution in [0.5, 0.6) is 0 Å². The summed E-state index contributed by atoms with van der Waals surface area (Å²) in [5.41, 5.74) is 3.61. The summed E-state index contributed by atoms with van der Waals surface area (Å²) < 4.78 is 0. The van der Waals surface area contributed by atoms with E-state index in [1.807, 2.05) is 42.5 Å². The minimum Gasteiger partial charge on any atom is -0.320 e. The Labute approximate surface area is 152 Å². The summed E-state index contributed by atoms with van der Waals surface area (Å²) >= 11 is 0. The number of carbonyl (C=O) groups excluding carboxylic acids is 2. The standard InChI is InChI=1S/C21H21N3O2/c1-23-12-10-15(11-13-23)14-20(25)24-18-8-4-2-6-16(18)21(26)22-17-7-3-5-9-19(17)24/h2-9,14H,10-13H2,1H3,(H,22,26). The third-order valence-electron chi connectivity index (χ3n) is 4.96. The van der Waals surface area contributed by atoms with Crippen molar-refractivity contribution in [2.45, 2.75) is 12.8 Å². The molecule has 2 aromatic carbocycles. The van der Waals surface area contributed by atoms with E-state index in [4.69, 9.17) is 0 Å². The molecule has 0 unspecified atom stereocenters. The van der Waals surface area contributed by atoms with Crippen LogP contribution in [0.4, 0.5) is 17.1 Å². The fourth-order valence-electron chi connectivity index (χ4n) is 3.48. The maximum absolute atomic E-state index is 13.2. The van der Waals surface area contributed by atoms with Gasteiger partial charge in [-0.1, -0.05) is 29.8 Å². The second-order valence-corrected chi connectivity index (χ2v) is 6.77. The van der Waals surface area contributed by atoms with Gasteiger partial charge in [0.25, 0.3) is 11.8 Å². The molecule has 2 aliphatic heterocycles. The first-order valence-corrected chi connectivity index (χ1v) is 8.85. The SMILES string of the molecule is CN1CCC(=CC(=O)N2c3ccccc3NC(=O)c3ccccc32)CC1. The van der Waals surface area contributed by atoms with Gasteiger partial charge in [-0.15, -0.1) is 0 Å². The van der Waals surface area contributed by atoms with Gasteiger partial charge in [0.15, 0.2) is 0 Å². The number of benzene rings is 2.